The Bertz CT molecular complexity index is 987. The normalized spacial score (nSPS) is 12.6. The fourth-order valence-corrected chi connectivity index (χ4v) is 3.71. The average Bonchev–Trinajstić information content (AvgIpc) is 3.29. The third kappa shape index (κ3) is 5.46. The summed E-state index contributed by atoms with van der Waals surface area (Å²) in [4.78, 5) is 26.2. The van der Waals surface area contributed by atoms with Gasteiger partial charge in [0.05, 0.1) is 18.8 Å². The largest absolute Gasteiger partial charge is 0.495 e. The Hall–Kier alpha value is -3.16. The quantitative estimate of drug-likeness (QED) is 0.491. The number of benzene rings is 2. The van der Waals surface area contributed by atoms with Crippen LogP contribution in [0.3, 0.4) is 0 Å². The van der Waals surface area contributed by atoms with Crippen molar-refractivity contribution in [2.45, 2.75) is 25.9 Å². The second kappa shape index (κ2) is 10.0. The minimum atomic E-state index is -0.365. The van der Waals surface area contributed by atoms with E-state index in [4.69, 9.17) is 4.74 Å². The Balaban J connectivity index is 1.57. The van der Waals surface area contributed by atoms with Crippen molar-refractivity contribution in [3.63, 3.8) is 0 Å². The highest BCUT2D eigenvalue weighted by molar-refractivity contribution is 7.10. The lowest BCUT2D eigenvalue weighted by molar-refractivity contribution is -0.117. The van der Waals surface area contributed by atoms with Crippen molar-refractivity contribution in [1.29, 1.82) is 0 Å². The zero-order valence-electron chi connectivity index (χ0n) is 17.1. The highest BCUT2D eigenvalue weighted by atomic mass is 32.1. The summed E-state index contributed by atoms with van der Waals surface area (Å²) in [5.41, 5.74) is 1.71. The van der Waals surface area contributed by atoms with Crippen LogP contribution >= 0.6 is 11.3 Å². The van der Waals surface area contributed by atoms with Gasteiger partial charge in [-0.05, 0) is 61.7 Å². The van der Waals surface area contributed by atoms with E-state index in [9.17, 15) is 9.59 Å². The van der Waals surface area contributed by atoms with E-state index in [1.165, 1.54) is 4.88 Å². The van der Waals surface area contributed by atoms with Crippen molar-refractivity contribution >= 4 is 34.5 Å². The average molecular weight is 424 g/mol. The molecule has 0 bridgehead atoms. The Labute approximate surface area is 180 Å². The molecule has 30 heavy (non-hydrogen) atoms. The minimum absolute atomic E-state index is 0.0896. The molecule has 3 aromatic rings. The second-order valence-electron chi connectivity index (χ2n) is 6.85. The van der Waals surface area contributed by atoms with Crippen molar-refractivity contribution in [2.24, 2.45) is 0 Å². The number of hydrogen-bond donors (Lipinski definition) is 3. The van der Waals surface area contributed by atoms with Gasteiger partial charge in [0.25, 0.3) is 5.91 Å². The van der Waals surface area contributed by atoms with E-state index in [0.717, 1.165) is 0 Å². The molecule has 0 saturated carbocycles. The molecule has 156 valence electrons. The molecule has 1 aromatic heterocycles. The predicted molar refractivity (Wildman–Crippen MR) is 121 cm³/mol. The molecule has 0 radical (unpaired) electrons. The molecule has 3 N–H and O–H groups in total. The zero-order valence-corrected chi connectivity index (χ0v) is 18.0. The van der Waals surface area contributed by atoms with Crippen LogP contribution in [0.2, 0.25) is 0 Å². The first-order valence-corrected chi connectivity index (χ1v) is 10.5. The molecule has 1 heterocycles. The summed E-state index contributed by atoms with van der Waals surface area (Å²) in [6.07, 6.45) is 0. The number of carbonyl (C=O) groups is 2. The summed E-state index contributed by atoms with van der Waals surface area (Å²) in [7, 11) is 1.56. The van der Waals surface area contributed by atoms with Gasteiger partial charge in [-0.3, -0.25) is 14.9 Å². The molecule has 7 heteroatoms. The minimum Gasteiger partial charge on any atom is -0.495 e. The summed E-state index contributed by atoms with van der Waals surface area (Å²) >= 11 is 1.66. The van der Waals surface area contributed by atoms with Gasteiger partial charge in [0.15, 0.2) is 0 Å². The molecule has 2 amide bonds. The van der Waals surface area contributed by atoms with E-state index in [1.54, 1.807) is 54.8 Å². The number of methoxy groups -OCH3 is 1. The summed E-state index contributed by atoms with van der Waals surface area (Å²) in [6, 6.07) is 17.8. The number of nitrogens with one attached hydrogen (secondary N) is 3. The van der Waals surface area contributed by atoms with Crippen LogP contribution in [0.5, 0.6) is 5.75 Å². The fraction of sp³-hybridized carbons (Fsp3) is 0.217. The van der Waals surface area contributed by atoms with E-state index in [2.05, 4.69) is 16.0 Å². The van der Waals surface area contributed by atoms with Crippen molar-refractivity contribution in [1.82, 2.24) is 5.32 Å². The third-order valence-electron chi connectivity index (χ3n) is 4.63. The fourth-order valence-electron chi connectivity index (χ4n) is 2.97. The number of amides is 2. The van der Waals surface area contributed by atoms with Gasteiger partial charge in [-0.1, -0.05) is 18.2 Å². The third-order valence-corrected chi connectivity index (χ3v) is 5.69. The van der Waals surface area contributed by atoms with E-state index < -0.39 is 0 Å². The van der Waals surface area contributed by atoms with Crippen LogP contribution in [0.15, 0.2) is 66.0 Å². The Morgan fingerprint density at radius 1 is 0.933 bits per heavy atom. The molecule has 0 saturated heterocycles. The van der Waals surface area contributed by atoms with Crippen LogP contribution in [-0.4, -0.2) is 25.0 Å². The number of thiophene rings is 1. The lowest BCUT2D eigenvalue weighted by atomic mass is 10.1. The number of carbonyl (C=O) groups excluding carboxylic acids is 2. The van der Waals surface area contributed by atoms with Gasteiger partial charge in [-0.25, -0.2) is 0 Å². The van der Waals surface area contributed by atoms with Gasteiger partial charge in [-0.15, -0.1) is 11.3 Å². The lowest BCUT2D eigenvalue weighted by Crippen LogP contribution is -2.39. The van der Waals surface area contributed by atoms with Crippen molar-refractivity contribution in [3.05, 3.63) is 76.5 Å². The topological polar surface area (TPSA) is 79.5 Å². The van der Waals surface area contributed by atoms with Crippen LogP contribution in [0, 0.1) is 0 Å². The molecular formula is C23H25N3O3S. The van der Waals surface area contributed by atoms with Gasteiger partial charge < -0.3 is 15.4 Å². The van der Waals surface area contributed by atoms with E-state index in [1.807, 2.05) is 43.5 Å². The second-order valence-corrected chi connectivity index (χ2v) is 7.83. The summed E-state index contributed by atoms with van der Waals surface area (Å²) in [6.45, 7) is 3.86. The summed E-state index contributed by atoms with van der Waals surface area (Å²) < 4.78 is 5.25. The van der Waals surface area contributed by atoms with Crippen LogP contribution < -0.4 is 20.7 Å². The van der Waals surface area contributed by atoms with Crippen molar-refractivity contribution < 1.29 is 14.3 Å². The molecular weight excluding hydrogens is 398 g/mol. The number of ether oxygens (including phenoxy) is 1. The Morgan fingerprint density at radius 3 is 2.33 bits per heavy atom. The van der Waals surface area contributed by atoms with Crippen LogP contribution in [0.1, 0.15) is 35.1 Å². The zero-order chi connectivity index (χ0) is 21.5. The highest BCUT2D eigenvalue weighted by Gasteiger charge is 2.17. The van der Waals surface area contributed by atoms with E-state index in [-0.39, 0.29) is 23.9 Å². The first-order valence-electron chi connectivity index (χ1n) is 9.62. The highest BCUT2D eigenvalue weighted by Crippen LogP contribution is 2.24. The summed E-state index contributed by atoms with van der Waals surface area (Å²) in [5.74, 6) is 0.204. The van der Waals surface area contributed by atoms with E-state index in [0.29, 0.717) is 22.7 Å². The van der Waals surface area contributed by atoms with Gasteiger partial charge >= 0.3 is 0 Å². The first-order chi connectivity index (χ1) is 14.5. The van der Waals surface area contributed by atoms with Crippen LogP contribution in [-0.2, 0) is 4.79 Å². The number of anilines is 2. The standard InChI is InChI=1S/C23H25N3O3S/c1-15(21-9-6-14-30-21)24-16(2)22(27)25-18-12-10-17(11-13-18)23(28)26-19-7-4-5-8-20(19)29-3/h4-16,24H,1-3H3,(H,25,27)(H,26,28). The molecule has 0 aliphatic carbocycles. The monoisotopic (exact) mass is 423 g/mol. The molecule has 2 atom stereocenters. The maximum Gasteiger partial charge on any atom is 0.255 e. The van der Waals surface area contributed by atoms with Gasteiger partial charge in [0.2, 0.25) is 5.91 Å². The van der Waals surface area contributed by atoms with E-state index >= 15 is 0 Å². The Kier molecular flexibility index (Phi) is 7.21. The molecule has 6 nitrogen and oxygen atoms in total. The summed E-state index contributed by atoms with van der Waals surface area (Å²) in [5, 5.41) is 11.0. The van der Waals surface area contributed by atoms with Crippen LogP contribution in [0.25, 0.3) is 0 Å². The van der Waals surface area contributed by atoms with Gasteiger partial charge in [0.1, 0.15) is 5.75 Å². The van der Waals surface area contributed by atoms with Crippen molar-refractivity contribution in [3.8, 4) is 5.75 Å². The van der Waals surface area contributed by atoms with Crippen LogP contribution in [0.4, 0.5) is 11.4 Å². The Morgan fingerprint density at radius 2 is 1.67 bits per heavy atom. The maximum atomic E-state index is 12.5. The number of hydrogen-bond acceptors (Lipinski definition) is 5. The number of para-hydroxylation sites is 2. The van der Waals surface area contributed by atoms with Crippen molar-refractivity contribution in [2.75, 3.05) is 17.7 Å². The first kappa shape index (κ1) is 21.5. The molecule has 0 fully saturated rings. The molecule has 0 spiro atoms. The van der Waals surface area contributed by atoms with Gasteiger partial charge in [-0.2, -0.15) is 0 Å². The van der Waals surface area contributed by atoms with Gasteiger partial charge in [0, 0.05) is 22.2 Å². The molecule has 2 aromatic carbocycles. The molecule has 2 unspecified atom stereocenters. The number of rotatable bonds is 8. The molecule has 3 rings (SSSR count). The SMILES string of the molecule is COc1ccccc1NC(=O)c1ccc(NC(=O)C(C)NC(C)c2cccs2)cc1. The molecule has 0 aliphatic rings. The smallest absolute Gasteiger partial charge is 0.255 e. The molecule has 0 aliphatic heterocycles. The predicted octanol–water partition coefficient (Wildman–Crippen LogP) is 4.69. The lowest BCUT2D eigenvalue weighted by Gasteiger charge is -2.19. The maximum absolute atomic E-state index is 12.5.